The second-order valence-corrected chi connectivity index (χ2v) is 5.65. The Morgan fingerprint density at radius 3 is 2.74 bits per heavy atom. The van der Waals surface area contributed by atoms with Crippen molar-refractivity contribution in [3.05, 3.63) is 53.6 Å². The van der Waals surface area contributed by atoms with Gasteiger partial charge in [0.2, 0.25) is 0 Å². The lowest BCUT2D eigenvalue weighted by Crippen LogP contribution is -2.19. The van der Waals surface area contributed by atoms with Gasteiger partial charge in [-0.2, -0.15) is 0 Å². The molecular weight excluding hydrogens is 232 g/mol. The third kappa shape index (κ3) is 1.65. The van der Waals surface area contributed by atoms with Crippen LogP contribution in [0.1, 0.15) is 30.4 Å². The molecular formula is C18H16O. The molecule has 0 heterocycles. The predicted octanol–water partition coefficient (Wildman–Crippen LogP) is 4.15. The second-order valence-electron chi connectivity index (χ2n) is 5.65. The number of carbonyl (C=O) groups excluding carboxylic acids is 1. The predicted molar refractivity (Wildman–Crippen MR) is 78.0 cm³/mol. The largest absolute Gasteiger partial charge is 0.295 e. The number of hydrogen-bond acceptors (Lipinski definition) is 1. The van der Waals surface area contributed by atoms with E-state index in [0.29, 0.717) is 11.7 Å². The highest BCUT2D eigenvalue weighted by atomic mass is 16.1. The number of benzene rings is 2. The first-order valence-corrected chi connectivity index (χ1v) is 7.08. The van der Waals surface area contributed by atoms with Crippen molar-refractivity contribution in [2.45, 2.75) is 25.7 Å². The van der Waals surface area contributed by atoms with E-state index in [1.807, 2.05) is 6.08 Å². The van der Waals surface area contributed by atoms with Crippen LogP contribution in [-0.4, -0.2) is 5.78 Å². The smallest absolute Gasteiger partial charge is 0.156 e. The molecule has 0 N–H and O–H groups in total. The topological polar surface area (TPSA) is 17.1 Å². The van der Waals surface area contributed by atoms with Gasteiger partial charge in [0.15, 0.2) is 5.78 Å². The lowest BCUT2D eigenvalue weighted by molar-refractivity contribution is -0.115. The molecule has 2 aromatic carbocycles. The third-order valence-corrected chi connectivity index (χ3v) is 4.59. The number of aryl methyl sites for hydroxylation is 1. The highest BCUT2D eigenvalue weighted by Crippen LogP contribution is 2.42. The minimum absolute atomic E-state index is 0.298. The van der Waals surface area contributed by atoms with Gasteiger partial charge in [-0.15, -0.1) is 0 Å². The van der Waals surface area contributed by atoms with Crippen LogP contribution in [-0.2, 0) is 11.2 Å². The van der Waals surface area contributed by atoms with E-state index in [1.165, 1.54) is 33.9 Å². The molecule has 0 fully saturated rings. The van der Waals surface area contributed by atoms with Crippen molar-refractivity contribution >= 4 is 22.1 Å². The van der Waals surface area contributed by atoms with Crippen LogP contribution in [0.3, 0.4) is 0 Å². The Morgan fingerprint density at radius 1 is 0.947 bits per heavy atom. The van der Waals surface area contributed by atoms with Crippen molar-refractivity contribution in [3.63, 3.8) is 0 Å². The van der Waals surface area contributed by atoms with Crippen molar-refractivity contribution in [2.75, 3.05) is 0 Å². The van der Waals surface area contributed by atoms with Crippen LogP contribution in [0.25, 0.3) is 16.3 Å². The number of fused-ring (bicyclic) bond motifs is 5. The van der Waals surface area contributed by atoms with Gasteiger partial charge < -0.3 is 0 Å². The van der Waals surface area contributed by atoms with E-state index in [4.69, 9.17) is 0 Å². The normalized spacial score (nSPS) is 21.8. The Kier molecular flexibility index (Phi) is 2.34. The molecule has 0 amide bonds. The van der Waals surface area contributed by atoms with Gasteiger partial charge in [0.25, 0.3) is 0 Å². The molecule has 19 heavy (non-hydrogen) atoms. The molecule has 0 saturated carbocycles. The maximum atomic E-state index is 11.7. The molecule has 1 unspecified atom stereocenters. The highest BCUT2D eigenvalue weighted by molar-refractivity contribution is 6.01. The summed E-state index contributed by atoms with van der Waals surface area (Å²) in [6.07, 6.45) is 6.02. The summed E-state index contributed by atoms with van der Waals surface area (Å²) in [5.74, 6) is 0.902. The van der Waals surface area contributed by atoms with E-state index in [9.17, 15) is 4.79 Å². The van der Waals surface area contributed by atoms with Crippen LogP contribution >= 0.6 is 0 Å². The van der Waals surface area contributed by atoms with E-state index < -0.39 is 0 Å². The van der Waals surface area contributed by atoms with Gasteiger partial charge in [0.05, 0.1) is 0 Å². The molecule has 2 aromatic rings. The highest BCUT2D eigenvalue weighted by Gasteiger charge is 2.28. The summed E-state index contributed by atoms with van der Waals surface area (Å²) in [6.45, 7) is 0. The van der Waals surface area contributed by atoms with Gasteiger partial charge in [0, 0.05) is 6.42 Å². The molecule has 1 nitrogen and oxygen atoms in total. The summed E-state index contributed by atoms with van der Waals surface area (Å²) in [5.41, 5.74) is 4.06. The second kappa shape index (κ2) is 4.06. The average molecular weight is 248 g/mol. The minimum atomic E-state index is 0.298. The zero-order valence-electron chi connectivity index (χ0n) is 10.9. The summed E-state index contributed by atoms with van der Waals surface area (Å²) in [6, 6.07) is 13.0. The number of carbonyl (C=O) groups is 1. The molecule has 2 aliphatic carbocycles. The van der Waals surface area contributed by atoms with E-state index in [2.05, 4.69) is 36.4 Å². The van der Waals surface area contributed by atoms with Crippen molar-refractivity contribution in [2.24, 2.45) is 5.92 Å². The summed E-state index contributed by atoms with van der Waals surface area (Å²) >= 11 is 0. The average Bonchev–Trinajstić information content (AvgIpc) is 2.46. The van der Waals surface area contributed by atoms with Crippen molar-refractivity contribution < 1.29 is 4.79 Å². The zero-order chi connectivity index (χ0) is 12.8. The minimum Gasteiger partial charge on any atom is -0.295 e. The first-order chi connectivity index (χ1) is 9.33. The van der Waals surface area contributed by atoms with Gasteiger partial charge in [-0.25, -0.2) is 0 Å². The maximum Gasteiger partial charge on any atom is 0.156 e. The van der Waals surface area contributed by atoms with E-state index in [0.717, 1.165) is 19.3 Å². The van der Waals surface area contributed by atoms with Gasteiger partial charge in [-0.1, -0.05) is 36.4 Å². The first-order valence-electron chi connectivity index (χ1n) is 7.08. The lowest BCUT2D eigenvalue weighted by atomic mass is 9.73. The molecule has 0 radical (unpaired) electrons. The fourth-order valence-electron chi connectivity index (χ4n) is 3.63. The number of rotatable bonds is 0. The zero-order valence-corrected chi connectivity index (χ0v) is 10.9. The van der Waals surface area contributed by atoms with Crippen molar-refractivity contribution in [3.8, 4) is 0 Å². The Balaban J connectivity index is 1.99. The molecule has 0 bridgehead atoms. The SMILES string of the molecule is O=C1C=C2c3ccc4ccccc4c3CCC2CC1. The summed E-state index contributed by atoms with van der Waals surface area (Å²) in [5, 5.41) is 2.67. The summed E-state index contributed by atoms with van der Waals surface area (Å²) < 4.78 is 0. The monoisotopic (exact) mass is 248 g/mol. The standard InChI is InChI=1S/C18H16O/c19-14-8-5-13-7-9-16-15-4-2-1-3-12(15)6-10-17(16)18(13)11-14/h1-4,6,10-11,13H,5,7-9H2. The van der Waals surface area contributed by atoms with Crippen molar-refractivity contribution in [1.29, 1.82) is 0 Å². The van der Waals surface area contributed by atoms with Crippen LogP contribution in [0.4, 0.5) is 0 Å². The number of hydrogen-bond donors (Lipinski definition) is 0. The molecule has 1 atom stereocenters. The summed E-state index contributed by atoms with van der Waals surface area (Å²) in [4.78, 5) is 11.7. The van der Waals surface area contributed by atoms with E-state index in [-0.39, 0.29) is 0 Å². The molecule has 94 valence electrons. The van der Waals surface area contributed by atoms with Crippen LogP contribution in [0.5, 0.6) is 0 Å². The third-order valence-electron chi connectivity index (χ3n) is 4.59. The Bertz CT molecular complexity index is 709. The molecule has 0 aromatic heterocycles. The van der Waals surface area contributed by atoms with Gasteiger partial charge >= 0.3 is 0 Å². The van der Waals surface area contributed by atoms with E-state index in [1.54, 1.807) is 0 Å². The Morgan fingerprint density at radius 2 is 1.79 bits per heavy atom. The van der Waals surface area contributed by atoms with Crippen LogP contribution in [0.15, 0.2) is 42.5 Å². The van der Waals surface area contributed by atoms with Crippen molar-refractivity contribution in [1.82, 2.24) is 0 Å². The Labute approximate surface area is 112 Å². The molecule has 2 aliphatic rings. The van der Waals surface area contributed by atoms with Gasteiger partial charge in [0.1, 0.15) is 0 Å². The van der Waals surface area contributed by atoms with Crippen LogP contribution in [0, 0.1) is 5.92 Å². The first kappa shape index (κ1) is 11.0. The summed E-state index contributed by atoms with van der Waals surface area (Å²) in [7, 11) is 0. The Hall–Kier alpha value is -1.89. The van der Waals surface area contributed by atoms with Crippen LogP contribution in [0.2, 0.25) is 0 Å². The lowest BCUT2D eigenvalue weighted by Gasteiger charge is -2.31. The van der Waals surface area contributed by atoms with Gasteiger partial charge in [-0.05, 0) is 58.7 Å². The maximum absolute atomic E-state index is 11.7. The van der Waals surface area contributed by atoms with E-state index >= 15 is 0 Å². The molecule has 1 heteroatoms. The quantitative estimate of drug-likeness (QED) is 0.684. The fraction of sp³-hybridized carbons (Fsp3) is 0.278. The van der Waals surface area contributed by atoms with Crippen LogP contribution < -0.4 is 0 Å². The van der Waals surface area contributed by atoms with Gasteiger partial charge in [-0.3, -0.25) is 4.79 Å². The number of ketones is 1. The molecule has 0 saturated heterocycles. The fourth-order valence-corrected chi connectivity index (χ4v) is 3.63. The molecule has 4 rings (SSSR count). The number of allylic oxidation sites excluding steroid dienone is 2. The molecule has 0 spiro atoms. The molecule has 0 aliphatic heterocycles.